The van der Waals surface area contributed by atoms with Crippen LogP contribution < -0.4 is 5.32 Å². The van der Waals surface area contributed by atoms with E-state index in [0.29, 0.717) is 12.6 Å². The van der Waals surface area contributed by atoms with Crippen LogP contribution in [0.5, 0.6) is 0 Å². The Morgan fingerprint density at radius 3 is 2.50 bits per heavy atom. The van der Waals surface area contributed by atoms with Gasteiger partial charge in [-0.25, -0.2) is 0 Å². The van der Waals surface area contributed by atoms with Crippen LogP contribution in [0.3, 0.4) is 0 Å². The standard InChI is InChI=1S/C20H25NO/c1-15-11-16(2)13-17(12-15)14-22-19-9-6-10-21-20(19)18-7-4-3-5-8-18/h3-5,7-8,11-13,19-21H,6,9-10,14H2,1-2H3/t19-,20+/m0/s1. The summed E-state index contributed by atoms with van der Waals surface area (Å²) in [6, 6.07) is 17.6. The first kappa shape index (κ1) is 15.3. The van der Waals surface area contributed by atoms with E-state index in [9.17, 15) is 0 Å². The van der Waals surface area contributed by atoms with E-state index in [1.165, 1.54) is 28.7 Å². The van der Waals surface area contributed by atoms with E-state index in [1.807, 2.05) is 0 Å². The Morgan fingerprint density at radius 2 is 1.77 bits per heavy atom. The molecule has 1 N–H and O–H groups in total. The molecular weight excluding hydrogens is 270 g/mol. The molecule has 0 saturated carbocycles. The molecule has 1 aliphatic heterocycles. The Balaban J connectivity index is 1.69. The van der Waals surface area contributed by atoms with Crippen LogP contribution in [-0.4, -0.2) is 12.6 Å². The summed E-state index contributed by atoms with van der Waals surface area (Å²) in [5.41, 5.74) is 5.21. The second kappa shape index (κ2) is 7.08. The van der Waals surface area contributed by atoms with Crippen molar-refractivity contribution in [1.82, 2.24) is 5.32 Å². The normalized spacial score (nSPS) is 21.7. The zero-order valence-electron chi connectivity index (χ0n) is 13.5. The average Bonchev–Trinajstić information content (AvgIpc) is 2.53. The molecule has 2 aromatic rings. The number of hydrogen-bond donors (Lipinski definition) is 1. The summed E-state index contributed by atoms with van der Waals surface area (Å²) in [4.78, 5) is 0. The summed E-state index contributed by atoms with van der Waals surface area (Å²) in [7, 11) is 0. The molecule has 1 aliphatic rings. The van der Waals surface area contributed by atoms with Crippen LogP contribution in [0.1, 0.15) is 41.1 Å². The first-order valence-electron chi connectivity index (χ1n) is 8.19. The molecule has 2 heteroatoms. The molecule has 0 radical (unpaired) electrons. The Morgan fingerprint density at radius 1 is 1.05 bits per heavy atom. The topological polar surface area (TPSA) is 21.3 Å². The van der Waals surface area contributed by atoms with Gasteiger partial charge in [-0.3, -0.25) is 0 Å². The molecule has 0 aliphatic carbocycles. The van der Waals surface area contributed by atoms with Gasteiger partial charge in [-0.15, -0.1) is 0 Å². The molecule has 0 amide bonds. The second-order valence-corrected chi connectivity index (χ2v) is 6.33. The number of benzene rings is 2. The average molecular weight is 295 g/mol. The quantitative estimate of drug-likeness (QED) is 0.907. The van der Waals surface area contributed by atoms with E-state index < -0.39 is 0 Å². The summed E-state index contributed by atoms with van der Waals surface area (Å²) in [5, 5.41) is 3.62. The number of rotatable bonds is 4. The van der Waals surface area contributed by atoms with E-state index in [1.54, 1.807) is 0 Å². The molecule has 0 aromatic heterocycles. The van der Waals surface area contributed by atoms with Crippen molar-refractivity contribution >= 4 is 0 Å². The van der Waals surface area contributed by atoms with Gasteiger partial charge in [0.2, 0.25) is 0 Å². The van der Waals surface area contributed by atoms with E-state index >= 15 is 0 Å². The van der Waals surface area contributed by atoms with E-state index in [-0.39, 0.29) is 6.10 Å². The lowest BCUT2D eigenvalue weighted by Gasteiger charge is -2.33. The van der Waals surface area contributed by atoms with Crippen molar-refractivity contribution in [3.63, 3.8) is 0 Å². The molecule has 2 nitrogen and oxygen atoms in total. The molecule has 1 heterocycles. The summed E-state index contributed by atoms with van der Waals surface area (Å²) in [6.45, 7) is 6.05. The van der Waals surface area contributed by atoms with Gasteiger partial charge >= 0.3 is 0 Å². The van der Waals surface area contributed by atoms with Crippen molar-refractivity contribution in [3.8, 4) is 0 Å². The summed E-state index contributed by atoms with van der Waals surface area (Å²) in [5.74, 6) is 0. The van der Waals surface area contributed by atoms with Gasteiger partial charge in [0.1, 0.15) is 0 Å². The van der Waals surface area contributed by atoms with Crippen molar-refractivity contribution < 1.29 is 4.74 Å². The highest BCUT2D eigenvalue weighted by Gasteiger charge is 2.26. The molecule has 3 rings (SSSR count). The Bertz CT molecular complexity index is 588. The van der Waals surface area contributed by atoms with Gasteiger partial charge in [0.15, 0.2) is 0 Å². The Kier molecular flexibility index (Phi) is 4.91. The number of nitrogens with one attached hydrogen (secondary N) is 1. The molecule has 0 bridgehead atoms. The third-order valence-electron chi connectivity index (χ3n) is 4.31. The van der Waals surface area contributed by atoms with Gasteiger partial charge in [0, 0.05) is 0 Å². The fraction of sp³-hybridized carbons (Fsp3) is 0.400. The number of ether oxygens (including phenoxy) is 1. The number of hydrogen-bond acceptors (Lipinski definition) is 2. The van der Waals surface area contributed by atoms with Crippen LogP contribution in [-0.2, 0) is 11.3 Å². The highest BCUT2D eigenvalue weighted by atomic mass is 16.5. The van der Waals surface area contributed by atoms with Crippen molar-refractivity contribution in [3.05, 3.63) is 70.8 Å². The minimum atomic E-state index is 0.247. The largest absolute Gasteiger partial charge is 0.372 e. The second-order valence-electron chi connectivity index (χ2n) is 6.33. The van der Waals surface area contributed by atoms with Crippen LogP contribution in [0.25, 0.3) is 0 Å². The minimum Gasteiger partial charge on any atom is -0.372 e. The molecule has 0 spiro atoms. The molecule has 2 aromatic carbocycles. The first-order chi connectivity index (χ1) is 10.7. The van der Waals surface area contributed by atoms with Crippen molar-refractivity contribution in [1.29, 1.82) is 0 Å². The fourth-order valence-corrected chi connectivity index (χ4v) is 3.39. The van der Waals surface area contributed by atoms with Gasteiger partial charge in [0.25, 0.3) is 0 Å². The van der Waals surface area contributed by atoms with Crippen molar-refractivity contribution in [2.45, 2.75) is 45.4 Å². The lowest BCUT2D eigenvalue weighted by molar-refractivity contribution is -0.00360. The summed E-state index contributed by atoms with van der Waals surface area (Å²) >= 11 is 0. The van der Waals surface area contributed by atoms with Crippen LogP contribution >= 0.6 is 0 Å². The molecule has 0 unspecified atom stereocenters. The van der Waals surface area contributed by atoms with Gasteiger partial charge in [-0.1, -0.05) is 59.7 Å². The van der Waals surface area contributed by atoms with E-state index in [0.717, 1.165) is 13.0 Å². The van der Waals surface area contributed by atoms with E-state index in [4.69, 9.17) is 4.74 Å². The minimum absolute atomic E-state index is 0.247. The number of aryl methyl sites for hydroxylation is 2. The van der Waals surface area contributed by atoms with Crippen LogP contribution in [0, 0.1) is 13.8 Å². The molecule has 22 heavy (non-hydrogen) atoms. The van der Waals surface area contributed by atoms with Gasteiger partial charge < -0.3 is 10.1 Å². The third kappa shape index (κ3) is 3.76. The zero-order chi connectivity index (χ0) is 15.4. The summed E-state index contributed by atoms with van der Waals surface area (Å²) in [6.07, 6.45) is 2.55. The highest BCUT2D eigenvalue weighted by molar-refractivity contribution is 5.28. The monoisotopic (exact) mass is 295 g/mol. The highest BCUT2D eigenvalue weighted by Crippen LogP contribution is 2.27. The van der Waals surface area contributed by atoms with Gasteiger partial charge in [-0.2, -0.15) is 0 Å². The lowest BCUT2D eigenvalue weighted by Crippen LogP contribution is -2.39. The fourth-order valence-electron chi connectivity index (χ4n) is 3.39. The van der Waals surface area contributed by atoms with Gasteiger partial charge in [-0.05, 0) is 44.4 Å². The molecule has 116 valence electrons. The van der Waals surface area contributed by atoms with Crippen LogP contribution in [0.2, 0.25) is 0 Å². The molecule has 2 atom stereocenters. The number of piperidine rings is 1. The lowest BCUT2D eigenvalue weighted by atomic mass is 9.94. The Hall–Kier alpha value is -1.64. The molecular formula is C20H25NO. The predicted octanol–water partition coefficient (Wildman–Crippen LogP) is 4.31. The van der Waals surface area contributed by atoms with Gasteiger partial charge in [0.05, 0.1) is 18.8 Å². The third-order valence-corrected chi connectivity index (χ3v) is 4.31. The van der Waals surface area contributed by atoms with Crippen molar-refractivity contribution in [2.75, 3.05) is 6.54 Å². The SMILES string of the molecule is Cc1cc(C)cc(CO[C@H]2CCCN[C@@H]2c2ccccc2)c1. The molecule has 1 fully saturated rings. The zero-order valence-corrected chi connectivity index (χ0v) is 13.5. The maximum absolute atomic E-state index is 6.28. The maximum atomic E-state index is 6.28. The van der Waals surface area contributed by atoms with E-state index in [2.05, 4.69) is 67.7 Å². The Labute approximate surface area is 133 Å². The predicted molar refractivity (Wildman–Crippen MR) is 90.9 cm³/mol. The molecule has 1 saturated heterocycles. The first-order valence-corrected chi connectivity index (χ1v) is 8.19. The summed E-state index contributed by atoms with van der Waals surface area (Å²) < 4.78 is 6.28. The maximum Gasteiger partial charge on any atom is 0.0774 e. The smallest absolute Gasteiger partial charge is 0.0774 e. The van der Waals surface area contributed by atoms with Crippen LogP contribution in [0.4, 0.5) is 0 Å². The van der Waals surface area contributed by atoms with Crippen molar-refractivity contribution in [2.24, 2.45) is 0 Å². The van der Waals surface area contributed by atoms with Crippen LogP contribution in [0.15, 0.2) is 48.5 Å².